The molecule has 0 heterocycles. The summed E-state index contributed by atoms with van der Waals surface area (Å²) in [5.41, 5.74) is 5.25. The molecule has 0 aliphatic carbocycles. The number of amidine groups is 1. The third-order valence-electron chi connectivity index (χ3n) is 1.47. The number of nitrogens with two attached hydrogens (primary N) is 1. The SMILES string of the molecule is N=C(N)CCSc1ccccc1Br. The average molecular weight is 259 g/mol. The first-order chi connectivity index (χ1) is 6.20. The average Bonchev–Trinajstić information content (AvgIpc) is 2.08. The maximum Gasteiger partial charge on any atom is 0.0913 e. The van der Waals surface area contributed by atoms with Crippen molar-refractivity contribution in [1.82, 2.24) is 0 Å². The van der Waals surface area contributed by atoms with Gasteiger partial charge in [-0.15, -0.1) is 11.8 Å². The Morgan fingerprint density at radius 1 is 1.46 bits per heavy atom. The lowest BCUT2D eigenvalue weighted by molar-refractivity contribution is 1.22. The Kier molecular flexibility index (Phi) is 4.32. The largest absolute Gasteiger partial charge is 0.388 e. The number of hydrogen-bond donors (Lipinski definition) is 2. The van der Waals surface area contributed by atoms with Crippen molar-refractivity contribution in [2.24, 2.45) is 5.73 Å². The summed E-state index contributed by atoms with van der Waals surface area (Å²) in [6.45, 7) is 0. The highest BCUT2D eigenvalue weighted by molar-refractivity contribution is 9.10. The maximum absolute atomic E-state index is 7.07. The van der Waals surface area contributed by atoms with Gasteiger partial charge in [-0.3, -0.25) is 5.41 Å². The minimum absolute atomic E-state index is 0.250. The van der Waals surface area contributed by atoms with Crippen molar-refractivity contribution in [2.45, 2.75) is 11.3 Å². The summed E-state index contributed by atoms with van der Waals surface area (Å²) in [5, 5.41) is 7.07. The van der Waals surface area contributed by atoms with Crippen LogP contribution in [0.15, 0.2) is 33.6 Å². The van der Waals surface area contributed by atoms with Gasteiger partial charge in [0.2, 0.25) is 0 Å². The Morgan fingerprint density at radius 3 is 2.77 bits per heavy atom. The Balaban J connectivity index is 2.45. The Hall–Kier alpha value is -0.480. The molecule has 0 saturated heterocycles. The first-order valence-corrected chi connectivity index (χ1v) is 5.68. The van der Waals surface area contributed by atoms with E-state index < -0.39 is 0 Å². The van der Waals surface area contributed by atoms with E-state index in [4.69, 9.17) is 11.1 Å². The highest BCUT2D eigenvalue weighted by Crippen LogP contribution is 2.27. The summed E-state index contributed by atoms with van der Waals surface area (Å²) >= 11 is 5.17. The molecule has 0 aromatic heterocycles. The van der Waals surface area contributed by atoms with Crippen LogP contribution >= 0.6 is 27.7 Å². The van der Waals surface area contributed by atoms with E-state index >= 15 is 0 Å². The third kappa shape index (κ3) is 3.83. The van der Waals surface area contributed by atoms with Crippen LogP contribution in [0.5, 0.6) is 0 Å². The fourth-order valence-corrected chi connectivity index (χ4v) is 2.38. The summed E-state index contributed by atoms with van der Waals surface area (Å²) in [5.74, 6) is 1.11. The molecule has 0 fully saturated rings. The summed E-state index contributed by atoms with van der Waals surface area (Å²) in [6.07, 6.45) is 0.645. The van der Waals surface area contributed by atoms with Crippen molar-refractivity contribution in [3.8, 4) is 0 Å². The first-order valence-electron chi connectivity index (χ1n) is 3.90. The van der Waals surface area contributed by atoms with Crippen LogP contribution in [0.25, 0.3) is 0 Å². The third-order valence-corrected chi connectivity index (χ3v) is 3.49. The first kappa shape index (κ1) is 10.6. The van der Waals surface area contributed by atoms with Crippen molar-refractivity contribution >= 4 is 33.5 Å². The molecule has 0 atom stereocenters. The minimum atomic E-state index is 0.250. The zero-order valence-electron chi connectivity index (χ0n) is 7.09. The van der Waals surface area contributed by atoms with E-state index in [9.17, 15) is 0 Å². The zero-order valence-corrected chi connectivity index (χ0v) is 9.49. The van der Waals surface area contributed by atoms with Crippen LogP contribution in [0, 0.1) is 5.41 Å². The molecule has 1 rings (SSSR count). The van der Waals surface area contributed by atoms with E-state index in [0.29, 0.717) is 6.42 Å². The normalized spacial score (nSPS) is 9.92. The van der Waals surface area contributed by atoms with Crippen LogP contribution in [0.1, 0.15) is 6.42 Å². The molecule has 1 aromatic carbocycles. The van der Waals surface area contributed by atoms with Crippen molar-refractivity contribution in [3.63, 3.8) is 0 Å². The van der Waals surface area contributed by atoms with Gasteiger partial charge in [-0.2, -0.15) is 0 Å². The smallest absolute Gasteiger partial charge is 0.0913 e. The van der Waals surface area contributed by atoms with Crippen LogP contribution in [0.2, 0.25) is 0 Å². The monoisotopic (exact) mass is 258 g/mol. The number of benzene rings is 1. The topological polar surface area (TPSA) is 49.9 Å². The fourth-order valence-electron chi connectivity index (χ4n) is 0.833. The van der Waals surface area contributed by atoms with Gasteiger partial charge in [-0.05, 0) is 28.1 Å². The molecule has 1 aromatic rings. The summed E-state index contributed by atoms with van der Waals surface area (Å²) in [6, 6.07) is 8.05. The Bertz CT molecular complexity index is 301. The second-order valence-corrected chi connectivity index (χ2v) is 4.55. The molecule has 0 bridgehead atoms. The Morgan fingerprint density at radius 2 is 2.15 bits per heavy atom. The molecule has 0 saturated carbocycles. The van der Waals surface area contributed by atoms with Gasteiger partial charge < -0.3 is 5.73 Å². The lowest BCUT2D eigenvalue weighted by Crippen LogP contribution is -2.09. The quantitative estimate of drug-likeness (QED) is 0.496. The molecule has 0 unspecified atom stereocenters. The van der Waals surface area contributed by atoms with Crippen LogP contribution in [-0.4, -0.2) is 11.6 Å². The highest BCUT2D eigenvalue weighted by Gasteiger charge is 1.98. The molecule has 0 amide bonds. The van der Waals surface area contributed by atoms with Gasteiger partial charge in [0.15, 0.2) is 0 Å². The van der Waals surface area contributed by atoms with E-state index in [2.05, 4.69) is 22.0 Å². The van der Waals surface area contributed by atoms with Crippen molar-refractivity contribution in [1.29, 1.82) is 5.41 Å². The summed E-state index contributed by atoms with van der Waals surface area (Å²) < 4.78 is 1.10. The van der Waals surface area contributed by atoms with Crippen LogP contribution in [0.3, 0.4) is 0 Å². The van der Waals surface area contributed by atoms with Crippen molar-refractivity contribution in [3.05, 3.63) is 28.7 Å². The van der Waals surface area contributed by atoms with E-state index in [1.807, 2.05) is 18.2 Å². The second kappa shape index (κ2) is 5.29. The highest BCUT2D eigenvalue weighted by atomic mass is 79.9. The molecule has 0 spiro atoms. The summed E-state index contributed by atoms with van der Waals surface area (Å²) in [4.78, 5) is 1.20. The molecule has 0 aliphatic rings. The summed E-state index contributed by atoms with van der Waals surface area (Å²) in [7, 11) is 0. The molecular weight excluding hydrogens is 248 g/mol. The van der Waals surface area contributed by atoms with Gasteiger partial charge in [-0.1, -0.05) is 12.1 Å². The van der Waals surface area contributed by atoms with Gasteiger partial charge in [0, 0.05) is 21.5 Å². The fraction of sp³-hybridized carbons (Fsp3) is 0.222. The zero-order chi connectivity index (χ0) is 9.68. The molecule has 0 aliphatic heterocycles. The minimum Gasteiger partial charge on any atom is -0.388 e. The maximum atomic E-state index is 7.07. The number of thioether (sulfide) groups is 1. The predicted molar refractivity (Wildman–Crippen MR) is 61.4 cm³/mol. The van der Waals surface area contributed by atoms with Gasteiger partial charge in [0.1, 0.15) is 0 Å². The van der Waals surface area contributed by atoms with E-state index in [-0.39, 0.29) is 5.84 Å². The molecular formula is C9H11BrN2S. The number of rotatable bonds is 4. The lowest BCUT2D eigenvalue weighted by atomic mass is 10.4. The Labute approximate surface area is 90.5 Å². The van der Waals surface area contributed by atoms with Gasteiger partial charge in [-0.25, -0.2) is 0 Å². The molecule has 3 N–H and O–H groups in total. The molecule has 4 heteroatoms. The number of hydrogen-bond acceptors (Lipinski definition) is 2. The van der Waals surface area contributed by atoms with Crippen molar-refractivity contribution < 1.29 is 0 Å². The van der Waals surface area contributed by atoms with E-state index in [1.165, 1.54) is 4.90 Å². The van der Waals surface area contributed by atoms with Crippen LogP contribution in [0.4, 0.5) is 0 Å². The molecule has 2 nitrogen and oxygen atoms in total. The van der Waals surface area contributed by atoms with E-state index in [1.54, 1.807) is 11.8 Å². The molecule has 0 radical (unpaired) electrons. The number of nitrogens with one attached hydrogen (secondary N) is 1. The van der Waals surface area contributed by atoms with Gasteiger partial charge >= 0.3 is 0 Å². The predicted octanol–water partition coefficient (Wildman–Crippen LogP) is 2.87. The van der Waals surface area contributed by atoms with Crippen LogP contribution < -0.4 is 5.73 Å². The van der Waals surface area contributed by atoms with Crippen molar-refractivity contribution in [2.75, 3.05) is 5.75 Å². The molecule has 13 heavy (non-hydrogen) atoms. The second-order valence-electron chi connectivity index (χ2n) is 2.55. The van der Waals surface area contributed by atoms with Gasteiger partial charge in [0.05, 0.1) is 5.84 Å². The van der Waals surface area contributed by atoms with Gasteiger partial charge in [0.25, 0.3) is 0 Å². The van der Waals surface area contributed by atoms with E-state index in [0.717, 1.165) is 10.2 Å². The molecule has 70 valence electrons. The lowest BCUT2D eigenvalue weighted by Gasteiger charge is -2.02. The number of halogens is 1. The van der Waals surface area contributed by atoms with Crippen LogP contribution in [-0.2, 0) is 0 Å². The standard InChI is InChI=1S/C9H11BrN2S/c10-7-3-1-2-4-8(7)13-6-5-9(11)12/h1-4H,5-6H2,(H3,11,12).